The van der Waals surface area contributed by atoms with Gasteiger partial charge in [0, 0.05) is 16.4 Å². The molecule has 1 atom stereocenters. The van der Waals surface area contributed by atoms with Crippen LogP contribution in [0.1, 0.15) is 24.4 Å². The Morgan fingerprint density at radius 1 is 1.39 bits per heavy atom. The summed E-state index contributed by atoms with van der Waals surface area (Å²) in [5, 5.41) is 18.6. The highest BCUT2D eigenvalue weighted by atomic mass is 79.9. The summed E-state index contributed by atoms with van der Waals surface area (Å²) in [6.45, 7) is 3.67. The SMILES string of the molecule is Cc1nnc(Sc2ccc([C@H](C)O)c(Br)c2)n1C. The lowest BCUT2D eigenvalue weighted by Gasteiger charge is -2.09. The van der Waals surface area contributed by atoms with E-state index in [-0.39, 0.29) is 0 Å². The lowest BCUT2D eigenvalue weighted by Crippen LogP contribution is -1.94. The molecule has 0 saturated heterocycles. The van der Waals surface area contributed by atoms with Crippen LogP contribution in [-0.4, -0.2) is 19.9 Å². The molecule has 4 nitrogen and oxygen atoms in total. The maximum Gasteiger partial charge on any atom is 0.195 e. The number of benzene rings is 1. The second-order valence-corrected chi connectivity index (χ2v) is 5.95. The van der Waals surface area contributed by atoms with Gasteiger partial charge in [0.1, 0.15) is 5.82 Å². The smallest absolute Gasteiger partial charge is 0.195 e. The number of aliphatic hydroxyl groups is 1. The third-order valence-corrected chi connectivity index (χ3v) is 4.40. The molecule has 0 unspecified atom stereocenters. The van der Waals surface area contributed by atoms with E-state index in [0.717, 1.165) is 25.9 Å². The zero-order chi connectivity index (χ0) is 13.3. The minimum Gasteiger partial charge on any atom is -0.389 e. The average Bonchev–Trinajstić information content (AvgIpc) is 2.61. The van der Waals surface area contributed by atoms with Gasteiger partial charge in [-0.15, -0.1) is 10.2 Å². The minimum absolute atomic E-state index is 0.476. The Balaban J connectivity index is 2.25. The molecule has 0 radical (unpaired) electrons. The van der Waals surface area contributed by atoms with Crippen LogP contribution in [0.15, 0.2) is 32.7 Å². The van der Waals surface area contributed by atoms with Gasteiger partial charge in [-0.1, -0.05) is 22.0 Å². The van der Waals surface area contributed by atoms with Gasteiger partial charge in [0.15, 0.2) is 5.16 Å². The number of hydrogen-bond acceptors (Lipinski definition) is 4. The Labute approximate surface area is 119 Å². The zero-order valence-electron chi connectivity index (χ0n) is 10.4. The first-order chi connectivity index (χ1) is 8.49. The second kappa shape index (κ2) is 5.42. The average molecular weight is 328 g/mol. The molecule has 0 amide bonds. The highest BCUT2D eigenvalue weighted by Crippen LogP contribution is 2.31. The highest BCUT2D eigenvalue weighted by molar-refractivity contribution is 9.10. The van der Waals surface area contributed by atoms with Gasteiger partial charge in [-0.2, -0.15) is 0 Å². The summed E-state index contributed by atoms with van der Waals surface area (Å²) in [6, 6.07) is 5.87. The number of aryl methyl sites for hydroxylation is 1. The molecule has 96 valence electrons. The molecule has 1 heterocycles. The molecule has 18 heavy (non-hydrogen) atoms. The van der Waals surface area contributed by atoms with Crippen molar-refractivity contribution >= 4 is 27.7 Å². The summed E-state index contributed by atoms with van der Waals surface area (Å²) >= 11 is 5.02. The van der Waals surface area contributed by atoms with E-state index >= 15 is 0 Å². The molecule has 0 spiro atoms. The third kappa shape index (κ3) is 2.76. The third-order valence-electron chi connectivity index (χ3n) is 2.68. The van der Waals surface area contributed by atoms with Crippen LogP contribution < -0.4 is 0 Å². The van der Waals surface area contributed by atoms with Crippen LogP contribution in [-0.2, 0) is 7.05 Å². The largest absolute Gasteiger partial charge is 0.389 e. The number of rotatable bonds is 3. The highest BCUT2D eigenvalue weighted by Gasteiger charge is 2.10. The fraction of sp³-hybridized carbons (Fsp3) is 0.333. The van der Waals surface area contributed by atoms with Gasteiger partial charge >= 0.3 is 0 Å². The lowest BCUT2D eigenvalue weighted by molar-refractivity contribution is 0.198. The van der Waals surface area contributed by atoms with Crippen LogP contribution in [0.3, 0.4) is 0 Å². The Bertz CT molecular complexity index is 568. The fourth-order valence-corrected chi connectivity index (χ4v) is 3.23. The van der Waals surface area contributed by atoms with Crippen LogP contribution in [0.25, 0.3) is 0 Å². The van der Waals surface area contributed by atoms with E-state index in [1.54, 1.807) is 18.7 Å². The van der Waals surface area contributed by atoms with Crippen molar-refractivity contribution in [3.05, 3.63) is 34.1 Å². The number of nitrogens with zero attached hydrogens (tertiary/aromatic N) is 3. The first kappa shape index (κ1) is 13.6. The molecule has 0 aliphatic carbocycles. The van der Waals surface area contributed by atoms with Gasteiger partial charge in [0.05, 0.1) is 6.10 Å². The van der Waals surface area contributed by atoms with Crippen LogP contribution >= 0.6 is 27.7 Å². The summed E-state index contributed by atoms with van der Waals surface area (Å²) in [7, 11) is 1.94. The van der Waals surface area contributed by atoms with Gasteiger partial charge in [-0.25, -0.2) is 0 Å². The summed E-state index contributed by atoms with van der Waals surface area (Å²) in [5.41, 5.74) is 0.883. The molecule has 0 saturated carbocycles. The summed E-state index contributed by atoms with van der Waals surface area (Å²) in [4.78, 5) is 1.06. The maximum absolute atomic E-state index is 9.57. The number of aromatic nitrogens is 3. The van der Waals surface area contributed by atoms with Crippen LogP contribution in [0, 0.1) is 6.92 Å². The molecule has 0 bridgehead atoms. The molecule has 0 fully saturated rings. The van der Waals surface area contributed by atoms with Crippen molar-refractivity contribution < 1.29 is 5.11 Å². The van der Waals surface area contributed by atoms with Crippen molar-refractivity contribution in [3.63, 3.8) is 0 Å². The van der Waals surface area contributed by atoms with E-state index in [2.05, 4.69) is 26.1 Å². The van der Waals surface area contributed by atoms with Crippen molar-refractivity contribution in [1.82, 2.24) is 14.8 Å². The second-order valence-electron chi connectivity index (χ2n) is 4.05. The van der Waals surface area contributed by atoms with Gasteiger partial charge in [0.25, 0.3) is 0 Å². The van der Waals surface area contributed by atoms with Crippen molar-refractivity contribution in [3.8, 4) is 0 Å². The van der Waals surface area contributed by atoms with Crippen molar-refractivity contribution in [1.29, 1.82) is 0 Å². The van der Waals surface area contributed by atoms with E-state index in [0.29, 0.717) is 0 Å². The van der Waals surface area contributed by atoms with E-state index in [4.69, 9.17) is 0 Å². The molecule has 1 aromatic carbocycles. The maximum atomic E-state index is 9.57. The van der Waals surface area contributed by atoms with Gasteiger partial charge in [0.2, 0.25) is 0 Å². The van der Waals surface area contributed by atoms with Crippen molar-refractivity contribution in [2.45, 2.75) is 30.0 Å². The molecule has 2 aromatic rings. The molecule has 0 aliphatic rings. The van der Waals surface area contributed by atoms with Crippen molar-refractivity contribution in [2.24, 2.45) is 7.05 Å². The summed E-state index contributed by atoms with van der Waals surface area (Å²) in [6.07, 6.45) is -0.476. The minimum atomic E-state index is -0.476. The first-order valence-corrected chi connectivity index (χ1v) is 7.11. The fourth-order valence-electron chi connectivity index (χ4n) is 1.49. The zero-order valence-corrected chi connectivity index (χ0v) is 12.8. The molecule has 0 aliphatic heterocycles. The number of hydrogen-bond donors (Lipinski definition) is 1. The topological polar surface area (TPSA) is 50.9 Å². The van der Waals surface area contributed by atoms with Gasteiger partial charge in [-0.3, -0.25) is 0 Å². The predicted octanol–water partition coefficient (Wildman–Crippen LogP) is 3.09. The van der Waals surface area contributed by atoms with Gasteiger partial charge in [-0.05, 0) is 43.3 Å². The Morgan fingerprint density at radius 3 is 2.61 bits per heavy atom. The molecule has 2 rings (SSSR count). The van der Waals surface area contributed by atoms with E-state index in [1.165, 1.54) is 0 Å². The normalized spacial score (nSPS) is 12.7. The summed E-state index contributed by atoms with van der Waals surface area (Å²) in [5.74, 6) is 0.886. The Kier molecular flexibility index (Phi) is 4.09. The standard InChI is InChI=1S/C12H14BrN3OS/c1-7(17)10-5-4-9(6-11(10)13)18-12-15-14-8(2)16(12)3/h4-7,17H,1-3H3/t7-/m0/s1. The van der Waals surface area contributed by atoms with Crippen molar-refractivity contribution in [2.75, 3.05) is 0 Å². The molecular formula is C12H14BrN3OS. The van der Waals surface area contributed by atoms with E-state index < -0.39 is 6.10 Å². The Hall–Kier alpha value is -0.850. The van der Waals surface area contributed by atoms with E-state index in [1.807, 2.05) is 36.7 Å². The summed E-state index contributed by atoms with van der Waals surface area (Å²) < 4.78 is 2.85. The predicted molar refractivity (Wildman–Crippen MR) is 74.6 cm³/mol. The van der Waals surface area contributed by atoms with Crippen LogP contribution in [0.2, 0.25) is 0 Å². The van der Waals surface area contributed by atoms with Crippen LogP contribution in [0.4, 0.5) is 0 Å². The Morgan fingerprint density at radius 2 is 2.11 bits per heavy atom. The molecule has 1 aromatic heterocycles. The monoisotopic (exact) mass is 327 g/mol. The lowest BCUT2D eigenvalue weighted by atomic mass is 10.1. The number of aliphatic hydroxyl groups excluding tert-OH is 1. The molecule has 1 N–H and O–H groups in total. The van der Waals surface area contributed by atoms with E-state index in [9.17, 15) is 5.11 Å². The molecule has 6 heteroatoms. The quantitative estimate of drug-likeness (QED) is 0.941. The number of halogens is 1. The van der Waals surface area contributed by atoms with Gasteiger partial charge < -0.3 is 9.67 Å². The first-order valence-electron chi connectivity index (χ1n) is 5.50. The van der Waals surface area contributed by atoms with Crippen LogP contribution in [0.5, 0.6) is 0 Å². The molecular weight excluding hydrogens is 314 g/mol.